The van der Waals surface area contributed by atoms with Crippen LogP contribution in [0.4, 0.5) is 0 Å². The van der Waals surface area contributed by atoms with Crippen LogP contribution in [0.1, 0.15) is 58.8 Å². The van der Waals surface area contributed by atoms with E-state index in [0.29, 0.717) is 17.8 Å². The Morgan fingerprint density at radius 2 is 1.80 bits per heavy atom. The molecule has 4 nitrogen and oxygen atoms in total. The van der Waals surface area contributed by atoms with E-state index < -0.39 is 5.79 Å². The van der Waals surface area contributed by atoms with E-state index in [1.54, 1.807) is 14.2 Å². The van der Waals surface area contributed by atoms with Gasteiger partial charge in [-0.15, -0.1) is 0 Å². The quantitative estimate of drug-likeness (QED) is 0.588. The largest absolute Gasteiger partial charge is 0.393 e. The number of nitrogens with one attached hydrogen (secondary N) is 1. The van der Waals surface area contributed by atoms with Crippen molar-refractivity contribution in [2.75, 3.05) is 14.2 Å². The molecule has 0 bridgehead atoms. The van der Waals surface area contributed by atoms with Crippen LogP contribution in [0.25, 0.3) is 0 Å². The third kappa shape index (κ3) is 2.26. The van der Waals surface area contributed by atoms with Crippen LogP contribution in [0.15, 0.2) is 11.6 Å². The molecule has 0 aromatic heterocycles. The van der Waals surface area contributed by atoms with Crippen LogP contribution in [0, 0.1) is 34.0 Å². The fourth-order valence-electron chi connectivity index (χ4n) is 7.03. The van der Waals surface area contributed by atoms with Gasteiger partial charge >= 0.3 is 0 Å². The third-order valence-electron chi connectivity index (χ3n) is 8.53. The summed E-state index contributed by atoms with van der Waals surface area (Å²) in [5.74, 6) is 0.827. The van der Waals surface area contributed by atoms with E-state index in [-0.39, 0.29) is 16.9 Å². The average Bonchev–Trinajstić information content (AvgIpc) is 2.89. The summed E-state index contributed by atoms with van der Waals surface area (Å²) in [6.07, 6.45) is 8.76. The number of fused-ring (bicyclic) bond motifs is 5. The fraction of sp³-hybridized carbons (Fsp3) is 0.857. The number of aliphatic hydroxyl groups excluding tert-OH is 1. The Labute approximate surface area is 151 Å². The summed E-state index contributed by atoms with van der Waals surface area (Å²) in [5.41, 5.74) is 2.26. The lowest BCUT2D eigenvalue weighted by Crippen LogP contribution is -2.57. The van der Waals surface area contributed by atoms with Crippen LogP contribution in [0.5, 0.6) is 0 Å². The van der Waals surface area contributed by atoms with Crippen LogP contribution in [0.2, 0.25) is 0 Å². The first kappa shape index (κ1) is 17.7. The molecule has 6 atom stereocenters. The minimum atomic E-state index is -0.592. The second kappa shape index (κ2) is 5.64. The average molecular weight is 347 g/mol. The highest BCUT2D eigenvalue weighted by molar-refractivity contribution is 5.89. The molecule has 4 aliphatic carbocycles. The van der Waals surface area contributed by atoms with Gasteiger partial charge in [0.15, 0.2) is 5.79 Å². The summed E-state index contributed by atoms with van der Waals surface area (Å²) < 4.78 is 11.4. The molecule has 140 valence electrons. The lowest BCUT2D eigenvalue weighted by atomic mass is 9.46. The monoisotopic (exact) mass is 347 g/mol. The highest BCUT2D eigenvalue weighted by Crippen LogP contribution is 2.65. The Bertz CT molecular complexity index is 610. The lowest BCUT2D eigenvalue weighted by molar-refractivity contribution is -0.193. The maximum absolute atomic E-state index is 11.2. The Kier molecular flexibility index (Phi) is 3.99. The Morgan fingerprint density at radius 3 is 2.48 bits per heavy atom. The molecule has 4 heteroatoms. The van der Waals surface area contributed by atoms with Gasteiger partial charge in [0.05, 0.1) is 6.10 Å². The second-order valence-corrected chi connectivity index (χ2v) is 9.35. The fourth-order valence-corrected chi connectivity index (χ4v) is 7.03. The molecule has 0 aliphatic heterocycles. The molecule has 0 heterocycles. The summed E-state index contributed by atoms with van der Waals surface area (Å²) in [7, 11) is 3.44. The maximum atomic E-state index is 11.2. The molecule has 0 aromatic carbocycles. The van der Waals surface area contributed by atoms with Crippen molar-refractivity contribution in [2.24, 2.45) is 28.6 Å². The third-order valence-corrected chi connectivity index (χ3v) is 8.53. The van der Waals surface area contributed by atoms with Crippen molar-refractivity contribution in [3.63, 3.8) is 0 Å². The summed E-state index contributed by atoms with van der Waals surface area (Å²) in [6.45, 7) is 4.60. The normalized spacial score (nSPS) is 48.4. The molecule has 3 saturated carbocycles. The van der Waals surface area contributed by atoms with E-state index in [4.69, 9.17) is 14.9 Å². The van der Waals surface area contributed by atoms with Crippen molar-refractivity contribution in [2.45, 2.75) is 70.7 Å². The molecular weight excluding hydrogens is 314 g/mol. The molecule has 25 heavy (non-hydrogen) atoms. The minimum Gasteiger partial charge on any atom is -0.393 e. The van der Waals surface area contributed by atoms with Crippen molar-refractivity contribution >= 4 is 5.71 Å². The Balaban J connectivity index is 1.72. The smallest absolute Gasteiger partial charge is 0.187 e. The van der Waals surface area contributed by atoms with E-state index in [9.17, 15) is 5.11 Å². The van der Waals surface area contributed by atoms with Crippen molar-refractivity contribution in [1.82, 2.24) is 0 Å². The zero-order valence-corrected chi connectivity index (χ0v) is 16.1. The van der Waals surface area contributed by atoms with Crippen molar-refractivity contribution in [3.8, 4) is 0 Å². The first-order valence-corrected chi connectivity index (χ1v) is 9.88. The van der Waals surface area contributed by atoms with Crippen LogP contribution >= 0.6 is 0 Å². The number of allylic oxidation sites excluding steroid dienone is 1. The molecule has 0 spiro atoms. The summed E-state index contributed by atoms with van der Waals surface area (Å²) in [5, 5.41) is 19.6. The van der Waals surface area contributed by atoms with Gasteiger partial charge in [-0.1, -0.05) is 19.4 Å². The lowest BCUT2D eigenvalue weighted by Gasteiger charge is -2.60. The zero-order valence-electron chi connectivity index (χ0n) is 16.1. The molecule has 4 rings (SSSR count). The zero-order chi connectivity index (χ0) is 18.0. The summed E-state index contributed by atoms with van der Waals surface area (Å²) >= 11 is 0. The van der Waals surface area contributed by atoms with E-state index in [0.717, 1.165) is 50.7 Å². The van der Waals surface area contributed by atoms with Gasteiger partial charge in [0.1, 0.15) is 0 Å². The number of rotatable bonds is 2. The van der Waals surface area contributed by atoms with Gasteiger partial charge in [-0.25, -0.2) is 0 Å². The maximum Gasteiger partial charge on any atom is 0.187 e. The van der Waals surface area contributed by atoms with Gasteiger partial charge < -0.3 is 20.0 Å². The van der Waals surface area contributed by atoms with Crippen LogP contribution in [0.3, 0.4) is 0 Å². The number of aliphatic hydroxyl groups is 1. The van der Waals surface area contributed by atoms with E-state index >= 15 is 0 Å². The minimum absolute atomic E-state index is 0.0367. The Hall–Kier alpha value is -0.710. The number of ether oxygens (including phenoxy) is 2. The standard InChI is InChI=1S/C21H33NO3/c1-19-9-10-21(24-3,25-4)11-13(19)5-6-14-15-7-8-17(22)20(15,2)12-16(23)18(14)19/h11,14-16,18,22-23H,5-10,12H2,1-4H3/t14?,15?,16-,18?,19?,20?/m1/s1. The molecule has 2 N–H and O–H groups in total. The number of methoxy groups -OCH3 is 2. The van der Waals surface area contributed by atoms with Gasteiger partial charge in [0, 0.05) is 31.8 Å². The molecule has 5 unspecified atom stereocenters. The van der Waals surface area contributed by atoms with Crippen LogP contribution < -0.4 is 0 Å². The molecular formula is C21H33NO3. The van der Waals surface area contributed by atoms with Crippen molar-refractivity contribution in [3.05, 3.63) is 11.6 Å². The van der Waals surface area contributed by atoms with Gasteiger partial charge in [-0.2, -0.15) is 0 Å². The van der Waals surface area contributed by atoms with Crippen LogP contribution in [-0.4, -0.2) is 36.9 Å². The molecule has 0 saturated heterocycles. The predicted octanol–water partition coefficient (Wildman–Crippen LogP) is 3.93. The predicted molar refractivity (Wildman–Crippen MR) is 97.6 cm³/mol. The molecule has 0 radical (unpaired) electrons. The summed E-state index contributed by atoms with van der Waals surface area (Å²) in [6, 6.07) is 0. The van der Waals surface area contributed by atoms with Gasteiger partial charge in [0.2, 0.25) is 0 Å². The van der Waals surface area contributed by atoms with E-state index in [1.165, 1.54) is 5.57 Å². The van der Waals surface area contributed by atoms with Gasteiger partial charge in [-0.3, -0.25) is 0 Å². The van der Waals surface area contributed by atoms with Crippen molar-refractivity contribution < 1.29 is 14.6 Å². The number of hydrogen-bond acceptors (Lipinski definition) is 4. The first-order valence-electron chi connectivity index (χ1n) is 9.88. The molecule has 4 aliphatic rings. The van der Waals surface area contributed by atoms with Crippen LogP contribution in [-0.2, 0) is 9.47 Å². The molecule has 0 aromatic rings. The Morgan fingerprint density at radius 1 is 1.08 bits per heavy atom. The summed E-state index contributed by atoms with van der Waals surface area (Å²) in [4.78, 5) is 0. The second-order valence-electron chi connectivity index (χ2n) is 9.35. The highest BCUT2D eigenvalue weighted by Gasteiger charge is 2.61. The topological polar surface area (TPSA) is 62.5 Å². The number of hydrogen-bond donors (Lipinski definition) is 2. The van der Waals surface area contributed by atoms with Gasteiger partial charge in [-0.05, 0) is 67.8 Å². The molecule has 3 fully saturated rings. The van der Waals surface area contributed by atoms with E-state index in [1.807, 2.05) is 0 Å². The highest BCUT2D eigenvalue weighted by atomic mass is 16.7. The molecule has 0 amide bonds. The first-order chi connectivity index (χ1) is 11.8. The van der Waals surface area contributed by atoms with Gasteiger partial charge in [0.25, 0.3) is 0 Å². The SMILES string of the molecule is COC1(OC)C=C2CCC3C4CCC(=N)C4(C)C[C@@H](O)C3C2(C)CC1. The van der Waals surface area contributed by atoms with Crippen molar-refractivity contribution in [1.29, 1.82) is 5.41 Å². The van der Waals surface area contributed by atoms with E-state index in [2.05, 4.69) is 19.9 Å².